The highest BCUT2D eigenvalue weighted by Gasteiger charge is 2.43. The lowest BCUT2D eigenvalue weighted by Crippen LogP contribution is -2.28. The van der Waals surface area contributed by atoms with Gasteiger partial charge in [-0.25, -0.2) is 0 Å². The lowest BCUT2D eigenvalue weighted by molar-refractivity contribution is 0.320. The Kier molecular flexibility index (Phi) is 3.73. The molecule has 2 aromatic rings. The summed E-state index contributed by atoms with van der Waals surface area (Å²) in [6.45, 7) is 3.28. The summed E-state index contributed by atoms with van der Waals surface area (Å²) in [5, 5.41) is 1.72. The highest BCUT2D eigenvalue weighted by Crippen LogP contribution is 2.47. The van der Waals surface area contributed by atoms with Crippen LogP contribution in [0.1, 0.15) is 30.3 Å². The van der Waals surface area contributed by atoms with Crippen molar-refractivity contribution in [2.75, 3.05) is 13.7 Å². The summed E-state index contributed by atoms with van der Waals surface area (Å²) < 4.78 is 5.41. The molecule has 0 radical (unpaired) electrons. The molecule has 23 heavy (non-hydrogen) atoms. The maximum absolute atomic E-state index is 5.41. The number of nitrogens with zero attached hydrogens (tertiary/aromatic N) is 3. The number of aliphatic imine (C=N–C) groups is 1. The molecule has 0 spiro atoms. The second-order valence-electron chi connectivity index (χ2n) is 5.91. The van der Waals surface area contributed by atoms with Crippen LogP contribution < -0.4 is 4.74 Å². The van der Waals surface area contributed by atoms with Gasteiger partial charge in [-0.1, -0.05) is 36.9 Å². The van der Waals surface area contributed by atoms with Crippen molar-refractivity contribution in [3.05, 3.63) is 59.9 Å². The number of benzene rings is 1. The first kappa shape index (κ1) is 14.6. The standard InChI is InChI=1S/C18H19N3OS/c1-12-11-21-17(13-6-5-7-14(10-13)22-2)16(20-18(21)23-12)15-8-3-4-9-19-15/h3-10,12,16-17H,11H2,1-2H3/t12-,16-,17-/m0/s1. The number of hydrogen-bond donors (Lipinski definition) is 0. The van der Waals surface area contributed by atoms with Crippen molar-refractivity contribution in [1.29, 1.82) is 0 Å². The summed E-state index contributed by atoms with van der Waals surface area (Å²) in [7, 11) is 1.71. The first-order valence-corrected chi connectivity index (χ1v) is 8.70. The van der Waals surface area contributed by atoms with Gasteiger partial charge >= 0.3 is 0 Å². The Hall–Kier alpha value is -2.01. The maximum Gasteiger partial charge on any atom is 0.160 e. The number of ether oxygens (including phenoxy) is 1. The minimum Gasteiger partial charge on any atom is -0.497 e. The molecule has 0 saturated carbocycles. The van der Waals surface area contributed by atoms with Gasteiger partial charge in [0.05, 0.1) is 18.8 Å². The van der Waals surface area contributed by atoms with Crippen molar-refractivity contribution in [2.24, 2.45) is 4.99 Å². The fourth-order valence-corrected chi connectivity index (χ4v) is 4.40. The number of hydrogen-bond acceptors (Lipinski definition) is 5. The number of aromatic nitrogens is 1. The van der Waals surface area contributed by atoms with Gasteiger partial charge in [-0.2, -0.15) is 0 Å². The molecule has 2 aliphatic heterocycles. The van der Waals surface area contributed by atoms with Gasteiger partial charge < -0.3 is 9.64 Å². The van der Waals surface area contributed by atoms with Crippen LogP contribution in [0.2, 0.25) is 0 Å². The first-order valence-electron chi connectivity index (χ1n) is 7.82. The summed E-state index contributed by atoms with van der Waals surface area (Å²) in [4.78, 5) is 12.0. The Labute approximate surface area is 140 Å². The van der Waals surface area contributed by atoms with E-state index in [1.54, 1.807) is 7.11 Å². The number of amidine groups is 1. The van der Waals surface area contributed by atoms with E-state index >= 15 is 0 Å². The summed E-state index contributed by atoms with van der Waals surface area (Å²) >= 11 is 1.86. The highest BCUT2D eigenvalue weighted by molar-refractivity contribution is 8.14. The van der Waals surface area contributed by atoms with Gasteiger partial charge in [0.1, 0.15) is 11.8 Å². The van der Waals surface area contributed by atoms with Gasteiger partial charge in [-0.15, -0.1) is 0 Å². The number of pyridine rings is 1. The van der Waals surface area contributed by atoms with E-state index in [9.17, 15) is 0 Å². The highest BCUT2D eigenvalue weighted by atomic mass is 32.2. The number of fused-ring (bicyclic) bond motifs is 1. The van der Waals surface area contributed by atoms with Crippen molar-refractivity contribution >= 4 is 16.9 Å². The molecule has 4 nitrogen and oxygen atoms in total. The molecule has 5 heteroatoms. The SMILES string of the molecule is COc1cccc([C@H]2[C@H](c3ccccn3)N=C3S[C@@H](C)CN32)c1. The third kappa shape index (κ3) is 2.59. The molecule has 118 valence electrons. The first-order chi connectivity index (χ1) is 11.3. The van der Waals surface area contributed by atoms with Crippen LogP contribution in [0.15, 0.2) is 53.7 Å². The fraction of sp³-hybridized carbons (Fsp3) is 0.333. The second kappa shape index (κ2) is 5.89. The van der Waals surface area contributed by atoms with E-state index in [1.165, 1.54) is 5.56 Å². The third-order valence-corrected chi connectivity index (χ3v) is 5.42. The van der Waals surface area contributed by atoms with Gasteiger partial charge in [-0.05, 0) is 29.8 Å². The van der Waals surface area contributed by atoms with Gasteiger partial charge in [0.15, 0.2) is 5.17 Å². The molecule has 0 unspecified atom stereocenters. The maximum atomic E-state index is 5.41. The largest absolute Gasteiger partial charge is 0.497 e. The summed E-state index contributed by atoms with van der Waals surface area (Å²) in [5.41, 5.74) is 2.25. The Morgan fingerprint density at radius 3 is 2.91 bits per heavy atom. The summed E-state index contributed by atoms with van der Waals surface area (Å²) in [5.74, 6) is 0.885. The molecule has 0 bridgehead atoms. The zero-order valence-electron chi connectivity index (χ0n) is 13.2. The minimum atomic E-state index is 0.0401. The summed E-state index contributed by atoms with van der Waals surface area (Å²) in [6.07, 6.45) is 1.84. The molecule has 1 fully saturated rings. The third-order valence-electron chi connectivity index (χ3n) is 4.32. The van der Waals surface area contributed by atoms with E-state index in [4.69, 9.17) is 9.73 Å². The van der Waals surface area contributed by atoms with Crippen LogP contribution in [0.5, 0.6) is 5.75 Å². The van der Waals surface area contributed by atoms with E-state index in [1.807, 2.05) is 42.2 Å². The van der Waals surface area contributed by atoms with Gasteiger partial charge in [-0.3, -0.25) is 9.98 Å². The predicted octanol–water partition coefficient (Wildman–Crippen LogP) is 3.68. The number of rotatable bonds is 3. The Balaban J connectivity index is 1.77. The average Bonchev–Trinajstić information content (AvgIpc) is 3.11. The molecule has 0 amide bonds. The Morgan fingerprint density at radius 1 is 1.22 bits per heavy atom. The molecule has 2 aliphatic rings. The van der Waals surface area contributed by atoms with E-state index in [2.05, 4.69) is 35.0 Å². The van der Waals surface area contributed by atoms with Crippen LogP contribution in [0.25, 0.3) is 0 Å². The minimum absolute atomic E-state index is 0.0401. The van der Waals surface area contributed by atoms with Crippen LogP contribution in [-0.2, 0) is 0 Å². The van der Waals surface area contributed by atoms with Crippen molar-refractivity contribution in [3.63, 3.8) is 0 Å². The van der Waals surface area contributed by atoms with Crippen LogP contribution in [-0.4, -0.2) is 34.0 Å². The van der Waals surface area contributed by atoms with E-state index in [0.717, 1.165) is 23.2 Å². The van der Waals surface area contributed by atoms with Crippen molar-refractivity contribution < 1.29 is 4.74 Å². The zero-order chi connectivity index (χ0) is 15.8. The van der Waals surface area contributed by atoms with Crippen molar-refractivity contribution in [2.45, 2.75) is 24.3 Å². The topological polar surface area (TPSA) is 37.7 Å². The number of thioether (sulfide) groups is 1. The van der Waals surface area contributed by atoms with Crippen LogP contribution in [0.4, 0.5) is 0 Å². The Morgan fingerprint density at radius 2 is 2.13 bits per heavy atom. The van der Waals surface area contributed by atoms with Crippen molar-refractivity contribution in [1.82, 2.24) is 9.88 Å². The Bertz CT molecular complexity index is 734. The normalized spacial score (nSPS) is 26.1. The van der Waals surface area contributed by atoms with E-state index in [0.29, 0.717) is 5.25 Å². The fourth-order valence-electron chi connectivity index (χ4n) is 3.30. The van der Waals surface area contributed by atoms with E-state index in [-0.39, 0.29) is 12.1 Å². The zero-order valence-corrected chi connectivity index (χ0v) is 14.0. The molecule has 0 N–H and O–H groups in total. The molecule has 4 rings (SSSR count). The van der Waals surface area contributed by atoms with Gasteiger partial charge in [0.25, 0.3) is 0 Å². The van der Waals surface area contributed by atoms with Crippen LogP contribution in [0.3, 0.4) is 0 Å². The number of methoxy groups -OCH3 is 1. The van der Waals surface area contributed by atoms with Gasteiger partial charge in [0, 0.05) is 18.0 Å². The monoisotopic (exact) mass is 325 g/mol. The quantitative estimate of drug-likeness (QED) is 0.863. The lowest BCUT2D eigenvalue weighted by atomic mass is 9.96. The molecule has 1 aromatic carbocycles. The molecular formula is C18H19N3OS. The molecule has 3 heterocycles. The summed E-state index contributed by atoms with van der Waals surface area (Å²) in [6, 6.07) is 14.6. The smallest absolute Gasteiger partial charge is 0.160 e. The molecular weight excluding hydrogens is 306 g/mol. The molecule has 0 aliphatic carbocycles. The second-order valence-corrected chi connectivity index (χ2v) is 7.32. The van der Waals surface area contributed by atoms with Crippen molar-refractivity contribution in [3.8, 4) is 5.75 Å². The molecule has 1 aromatic heterocycles. The lowest BCUT2D eigenvalue weighted by Gasteiger charge is -2.27. The predicted molar refractivity (Wildman–Crippen MR) is 93.9 cm³/mol. The van der Waals surface area contributed by atoms with Crippen LogP contribution >= 0.6 is 11.8 Å². The molecule has 1 saturated heterocycles. The van der Waals surface area contributed by atoms with Gasteiger partial charge in [0.2, 0.25) is 0 Å². The molecule has 3 atom stereocenters. The van der Waals surface area contributed by atoms with E-state index < -0.39 is 0 Å². The average molecular weight is 325 g/mol. The van der Waals surface area contributed by atoms with Crippen LogP contribution in [0, 0.1) is 0 Å².